The number of pyridine rings is 1. The molecule has 0 radical (unpaired) electrons. The van der Waals surface area contributed by atoms with Gasteiger partial charge in [-0.2, -0.15) is 0 Å². The molecule has 1 rings (SSSR count). The first-order chi connectivity index (χ1) is 5.86. The van der Waals surface area contributed by atoms with Crippen molar-refractivity contribution < 1.29 is 5.11 Å². The van der Waals surface area contributed by atoms with E-state index in [1.54, 1.807) is 6.07 Å². The van der Waals surface area contributed by atoms with E-state index < -0.39 is 0 Å². The number of aliphatic hydroxyl groups excluding tert-OH is 1. The highest BCUT2D eigenvalue weighted by Crippen LogP contribution is 2.01. The van der Waals surface area contributed by atoms with Crippen molar-refractivity contribution in [2.75, 3.05) is 5.88 Å². The van der Waals surface area contributed by atoms with Crippen LogP contribution < -0.4 is 0 Å². The van der Waals surface area contributed by atoms with Crippen LogP contribution in [0.3, 0.4) is 0 Å². The molecule has 0 aromatic carbocycles. The Morgan fingerprint density at radius 2 is 2.33 bits per heavy atom. The monoisotopic (exact) mass is 183 g/mol. The number of nitrogens with zero attached hydrogens (tertiary/aromatic N) is 1. The minimum Gasteiger partial charge on any atom is -0.390 e. The summed E-state index contributed by atoms with van der Waals surface area (Å²) in [5.74, 6) is 0.477. The minimum absolute atomic E-state index is 0.0252. The van der Waals surface area contributed by atoms with E-state index in [0.29, 0.717) is 11.6 Å². The number of allylic oxidation sites excluding steroid dienone is 1. The average Bonchev–Trinajstić information content (AvgIpc) is 2.15. The third-order valence-corrected chi connectivity index (χ3v) is 1.55. The molecular weight excluding hydrogens is 174 g/mol. The van der Waals surface area contributed by atoms with E-state index in [0.717, 1.165) is 5.69 Å². The summed E-state index contributed by atoms with van der Waals surface area (Å²) in [5, 5.41) is 8.77. The molecule has 1 heterocycles. The zero-order chi connectivity index (χ0) is 8.81. The fourth-order valence-corrected chi connectivity index (χ4v) is 0.933. The van der Waals surface area contributed by atoms with Crippen molar-refractivity contribution in [3.8, 4) is 0 Å². The maximum absolute atomic E-state index is 8.77. The summed E-state index contributed by atoms with van der Waals surface area (Å²) in [6.07, 6.45) is 3.64. The van der Waals surface area contributed by atoms with E-state index >= 15 is 0 Å². The molecule has 1 N–H and O–H groups in total. The Hall–Kier alpha value is -0.860. The lowest BCUT2D eigenvalue weighted by molar-refractivity contribution is 0.277. The highest BCUT2D eigenvalue weighted by Gasteiger charge is 1.91. The fourth-order valence-electron chi connectivity index (χ4n) is 0.844. The second-order valence-electron chi connectivity index (χ2n) is 2.27. The molecule has 0 fully saturated rings. The highest BCUT2D eigenvalue weighted by atomic mass is 35.5. The summed E-state index contributed by atoms with van der Waals surface area (Å²) in [7, 11) is 0. The van der Waals surface area contributed by atoms with Gasteiger partial charge in [0.2, 0.25) is 0 Å². The second-order valence-corrected chi connectivity index (χ2v) is 2.58. The van der Waals surface area contributed by atoms with Crippen LogP contribution in [0.5, 0.6) is 0 Å². The van der Waals surface area contributed by atoms with E-state index in [1.165, 1.54) is 0 Å². The van der Waals surface area contributed by atoms with Gasteiger partial charge < -0.3 is 5.11 Å². The van der Waals surface area contributed by atoms with Gasteiger partial charge in [0, 0.05) is 5.88 Å². The van der Waals surface area contributed by atoms with E-state index in [-0.39, 0.29) is 6.61 Å². The van der Waals surface area contributed by atoms with Gasteiger partial charge in [-0.1, -0.05) is 12.1 Å². The van der Waals surface area contributed by atoms with Crippen molar-refractivity contribution >= 4 is 17.7 Å². The van der Waals surface area contributed by atoms with E-state index in [2.05, 4.69) is 4.98 Å². The maximum atomic E-state index is 8.77. The predicted molar refractivity (Wildman–Crippen MR) is 49.9 cm³/mol. The lowest BCUT2D eigenvalue weighted by Crippen LogP contribution is -1.89. The molecule has 64 valence electrons. The van der Waals surface area contributed by atoms with Crippen LogP contribution in [-0.4, -0.2) is 16.0 Å². The fraction of sp³-hybridized carbons (Fsp3) is 0.222. The number of hydrogen-bond acceptors (Lipinski definition) is 2. The highest BCUT2D eigenvalue weighted by molar-refractivity contribution is 6.19. The third kappa shape index (κ3) is 2.64. The van der Waals surface area contributed by atoms with E-state index in [9.17, 15) is 0 Å². The number of hydrogen-bond donors (Lipinski definition) is 1. The lowest BCUT2D eigenvalue weighted by atomic mass is 10.3. The van der Waals surface area contributed by atoms with Crippen LogP contribution in [0.15, 0.2) is 24.3 Å². The normalized spacial score (nSPS) is 10.8. The third-order valence-electron chi connectivity index (χ3n) is 1.37. The Morgan fingerprint density at radius 1 is 1.50 bits per heavy atom. The summed E-state index contributed by atoms with van der Waals surface area (Å²) in [5.41, 5.74) is 1.49. The van der Waals surface area contributed by atoms with Crippen LogP contribution in [-0.2, 0) is 6.61 Å². The Bertz CT molecular complexity index is 273. The van der Waals surface area contributed by atoms with Crippen LogP contribution in [0.4, 0.5) is 0 Å². The largest absolute Gasteiger partial charge is 0.390 e. The van der Waals surface area contributed by atoms with Crippen LogP contribution in [0.2, 0.25) is 0 Å². The molecule has 0 atom stereocenters. The van der Waals surface area contributed by atoms with Gasteiger partial charge in [0.05, 0.1) is 18.0 Å². The first kappa shape index (κ1) is 9.23. The second kappa shape index (κ2) is 4.91. The molecule has 0 unspecified atom stereocenters. The van der Waals surface area contributed by atoms with Crippen molar-refractivity contribution in [2.45, 2.75) is 6.61 Å². The number of alkyl halides is 1. The summed E-state index contributed by atoms with van der Waals surface area (Å²) in [6, 6.07) is 5.49. The van der Waals surface area contributed by atoms with Gasteiger partial charge in [0.15, 0.2) is 0 Å². The first-order valence-corrected chi connectivity index (χ1v) is 4.19. The van der Waals surface area contributed by atoms with Crippen molar-refractivity contribution in [3.63, 3.8) is 0 Å². The SMILES string of the molecule is OCc1cccc(C=CCCl)n1. The van der Waals surface area contributed by atoms with Crippen molar-refractivity contribution in [2.24, 2.45) is 0 Å². The zero-order valence-electron chi connectivity index (χ0n) is 6.57. The quantitative estimate of drug-likeness (QED) is 0.726. The molecule has 0 aliphatic carbocycles. The van der Waals surface area contributed by atoms with Gasteiger partial charge in [0.1, 0.15) is 0 Å². The smallest absolute Gasteiger partial charge is 0.0853 e. The van der Waals surface area contributed by atoms with Gasteiger partial charge in [-0.05, 0) is 18.2 Å². The summed E-state index contributed by atoms with van der Waals surface area (Å²) < 4.78 is 0. The minimum atomic E-state index is -0.0252. The Morgan fingerprint density at radius 3 is 3.00 bits per heavy atom. The molecule has 0 saturated heterocycles. The standard InChI is InChI=1S/C9H10ClNO/c10-6-2-5-8-3-1-4-9(7-12)11-8/h1-5,12H,6-7H2. The topological polar surface area (TPSA) is 33.1 Å². The summed E-state index contributed by atoms with van der Waals surface area (Å²) in [6.45, 7) is -0.0252. The molecular formula is C9H10ClNO. The molecule has 12 heavy (non-hydrogen) atoms. The van der Waals surface area contributed by atoms with Gasteiger partial charge >= 0.3 is 0 Å². The first-order valence-electron chi connectivity index (χ1n) is 3.66. The molecule has 1 aromatic rings. The Kier molecular flexibility index (Phi) is 3.77. The zero-order valence-corrected chi connectivity index (χ0v) is 7.33. The van der Waals surface area contributed by atoms with Crippen LogP contribution >= 0.6 is 11.6 Å². The van der Waals surface area contributed by atoms with E-state index in [4.69, 9.17) is 16.7 Å². The molecule has 0 spiro atoms. The van der Waals surface area contributed by atoms with E-state index in [1.807, 2.05) is 24.3 Å². The molecule has 0 saturated carbocycles. The van der Waals surface area contributed by atoms with Crippen molar-refractivity contribution in [1.29, 1.82) is 0 Å². The number of aromatic nitrogens is 1. The summed E-state index contributed by atoms with van der Waals surface area (Å²) in [4.78, 5) is 4.13. The van der Waals surface area contributed by atoms with Crippen LogP contribution in [0, 0.1) is 0 Å². The number of aliphatic hydroxyl groups is 1. The van der Waals surface area contributed by atoms with Gasteiger partial charge in [-0.3, -0.25) is 4.98 Å². The molecule has 3 heteroatoms. The Labute approximate surface area is 76.5 Å². The summed E-state index contributed by atoms with van der Waals surface area (Å²) >= 11 is 5.46. The molecule has 2 nitrogen and oxygen atoms in total. The van der Waals surface area contributed by atoms with Gasteiger partial charge in [-0.25, -0.2) is 0 Å². The number of halogens is 1. The number of rotatable bonds is 3. The molecule has 0 amide bonds. The molecule has 0 bridgehead atoms. The average molecular weight is 184 g/mol. The Balaban J connectivity index is 2.79. The van der Waals surface area contributed by atoms with Crippen molar-refractivity contribution in [3.05, 3.63) is 35.7 Å². The lowest BCUT2D eigenvalue weighted by Gasteiger charge is -1.95. The predicted octanol–water partition coefficient (Wildman–Crippen LogP) is 1.83. The van der Waals surface area contributed by atoms with Crippen LogP contribution in [0.1, 0.15) is 11.4 Å². The molecule has 0 aliphatic rings. The molecule has 1 aromatic heterocycles. The van der Waals surface area contributed by atoms with Crippen molar-refractivity contribution in [1.82, 2.24) is 4.98 Å². The van der Waals surface area contributed by atoms with Crippen LogP contribution in [0.25, 0.3) is 6.08 Å². The van der Waals surface area contributed by atoms with Gasteiger partial charge in [-0.15, -0.1) is 11.6 Å². The van der Waals surface area contributed by atoms with Gasteiger partial charge in [0.25, 0.3) is 0 Å². The molecule has 0 aliphatic heterocycles. The maximum Gasteiger partial charge on any atom is 0.0853 e.